The summed E-state index contributed by atoms with van der Waals surface area (Å²) in [6.45, 7) is 2.26. The molecule has 1 aliphatic heterocycles. The first-order valence-corrected chi connectivity index (χ1v) is 6.02. The van der Waals surface area contributed by atoms with Crippen LogP contribution in [-0.4, -0.2) is 31.6 Å². The Morgan fingerprint density at radius 2 is 2.18 bits per heavy atom. The number of para-hydroxylation sites is 1. The van der Waals surface area contributed by atoms with Gasteiger partial charge < -0.3 is 15.4 Å². The smallest absolute Gasteiger partial charge is 0.220 e. The lowest BCUT2D eigenvalue weighted by Gasteiger charge is -2.11. The summed E-state index contributed by atoms with van der Waals surface area (Å²) in [5.41, 5.74) is 0. The standard InChI is InChI=1S/C13H18N2O2/c16-13-7-6-11(15-13)10-14-8-9-17-12-4-2-1-3-5-12/h1-5,11,14H,6-10H2,(H,15,16). The Hall–Kier alpha value is -1.55. The van der Waals surface area contributed by atoms with Gasteiger partial charge in [0.1, 0.15) is 12.4 Å². The van der Waals surface area contributed by atoms with Crippen molar-refractivity contribution in [1.29, 1.82) is 0 Å². The predicted molar refractivity (Wildman–Crippen MR) is 66.0 cm³/mol. The number of amides is 1. The summed E-state index contributed by atoms with van der Waals surface area (Å²) in [7, 11) is 0. The van der Waals surface area contributed by atoms with Crippen molar-refractivity contribution < 1.29 is 9.53 Å². The second-order valence-corrected chi connectivity index (χ2v) is 4.17. The molecule has 0 aliphatic carbocycles. The van der Waals surface area contributed by atoms with Crippen LogP contribution < -0.4 is 15.4 Å². The van der Waals surface area contributed by atoms with Gasteiger partial charge in [-0.15, -0.1) is 0 Å². The van der Waals surface area contributed by atoms with E-state index in [4.69, 9.17) is 4.74 Å². The van der Waals surface area contributed by atoms with Gasteiger partial charge >= 0.3 is 0 Å². The molecule has 4 heteroatoms. The van der Waals surface area contributed by atoms with Crippen LogP contribution in [0.25, 0.3) is 0 Å². The molecule has 1 unspecified atom stereocenters. The second-order valence-electron chi connectivity index (χ2n) is 4.17. The lowest BCUT2D eigenvalue weighted by molar-refractivity contribution is -0.119. The number of hydrogen-bond donors (Lipinski definition) is 2. The topological polar surface area (TPSA) is 50.4 Å². The second kappa shape index (κ2) is 6.25. The fourth-order valence-electron chi connectivity index (χ4n) is 1.86. The summed E-state index contributed by atoms with van der Waals surface area (Å²) in [4.78, 5) is 11.0. The maximum atomic E-state index is 11.0. The Bertz CT molecular complexity index is 354. The van der Waals surface area contributed by atoms with Crippen LogP contribution in [0.15, 0.2) is 30.3 Å². The number of carbonyl (C=O) groups excluding carboxylic acids is 1. The molecule has 92 valence electrons. The Balaban J connectivity index is 1.53. The van der Waals surface area contributed by atoms with Gasteiger partial charge in [-0.05, 0) is 18.6 Å². The van der Waals surface area contributed by atoms with E-state index in [0.29, 0.717) is 19.1 Å². The largest absolute Gasteiger partial charge is 0.492 e. The zero-order valence-corrected chi connectivity index (χ0v) is 9.82. The highest BCUT2D eigenvalue weighted by atomic mass is 16.5. The number of ether oxygens (including phenoxy) is 1. The molecule has 1 heterocycles. The van der Waals surface area contributed by atoms with Crippen molar-refractivity contribution in [1.82, 2.24) is 10.6 Å². The average molecular weight is 234 g/mol. The van der Waals surface area contributed by atoms with Gasteiger partial charge in [0.05, 0.1) is 0 Å². The van der Waals surface area contributed by atoms with Gasteiger partial charge in [-0.2, -0.15) is 0 Å². The van der Waals surface area contributed by atoms with E-state index in [1.807, 2.05) is 30.3 Å². The van der Waals surface area contributed by atoms with E-state index >= 15 is 0 Å². The minimum absolute atomic E-state index is 0.164. The first-order valence-electron chi connectivity index (χ1n) is 6.02. The van der Waals surface area contributed by atoms with Gasteiger partial charge in [-0.25, -0.2) is 0 Å². The Labute approximate surface area is 101 Å². The van der Waals surface area contributed by atoms with E-state index in [9.17, 15) is 4.79 Å². The molecule has 0 aromatic heterocycles. The van der Waals surface area contributed by atoms with E-state index in [2.05, 4.69) is 10.6 Å². The van der Waals surface area contributed by atoms with Crippen molar-refractivity contribution in [3.05, 3.63) is 30.3 Å². The average Bonchev–Trinajstić information content (AvgIpc) is 2.76. The highest BCUT2D eigenvalue weighted by Crippen LogP contribution is 2.07. The summed E-state index contributed by atoms with van der Waals surface area (Å²) in [6.07, 6.45) is 1.60. The van der Waals surface area contributed by atoms with E-state index < -0.39 is 0 Å². The van der Waals surface area contributed by atoms with Crippen LogP contribution in [-0.2, 0) is 4.79 Å². The van der Waals surface area contributed by atoms with Crippen LogP contribution in [0.2, 0.25) is 0 Å². The van der Waals surface area contributed by atoms with Crippen LogP contribution in [0.1, 0.15) is 12.8 Å². The number of nitrogens with one attached hydrogen (secondary N) is 2. The molecule has 1 saturated heterocycles. The van der Waals surface area contributed by atoms with Crippen LogP contribution in [0.3, 0.4) is 0 Å². The zero-order valence-electron chi connectivity index (χ0n) is 9.82. The minimum Gasteiger partial charge on any atom is -0.492 e. The van der Waals surface area contributed by atoms with E-state index in [1.54, 1.807) is 0 Å². The Morgan fingerprint density at radius 1 is 1.35 bits per heavy atom. The highest BCUT2D eigenvalue weighted by molar-refractivity contribution is 5.78. The summed E-state index contributed by atoms with van der Waals surface area (Å²) in [6, 6.07) is 10.1. The number of hydrogen-bond acceptors (Lipinski definition) is 3. The van der Waals surface area contributed by atoms with Crippen LogP contribution >= 0.6 is 0 Å². The third-order valence-electron chi connectivity index (χ3n) is 2.77. The minimum atomic E-state index is 0.164. The summed E-state index contributed by atoms with van der Waals surface area (Å²) >= 11 is 0. The third-order valence-corrected chi connectivity index (χ3v) is 2.77. The van der Waals surface area contributed by atoms with Crippen molar-refractivity contribution in [2.45, 2.75) is 18.9 Å². The van der Waals surface area contributed by atoms with Gasteiger partial charge in [0, 0.05) is 25.6 Å². The molecular weight excluding hydrogens is 216 g/mol. The molecule has 0 saturated carbocycles. The lowest BCUT2D eigenvalue weighted by Crippen LogP contribution is -2.37. The van der Waals surface area contributed by atoms with Gasteiger partial charge in [0.2, 0.25) is 5.91 Å². The summed E-state index contributed by atoms with van der Waals surface area (Å²) < 4.78 is 5.54. The normalized spacial score (nSPS) is 19.1. The monoisotopic (exact) mass is 234 g/mol. The Morgan fingerprint density at radius 3 is 2.88 bits per heavy atom. The van der Waals surface area contributed by atoms with E-state index in [0.717, 1.165) is 25.3 Å². The van der Waals surface area contributed by atoms with Gasteiger partial charge in [0.15, 0.2) is 0 Å². The maximum absolute atomic E-state index is 11.0. The van der Waals surface area contributed by atoms with Crippen molar-refractivity contribution >= 4 is 5.91 Å². The van der Waals surface area contributed by atoms with Crippen LogP contribution in [0.5, 0.6) is 5.75 Å². The molecule has 1 atom stereocenters. The molecule has 1 aromatic carbocycles. The van der Waals surface area contributed by atoms with Gasteiger partial charge in [0.25, 0.3) is 0 Å². The van der Waals surface area contributed by atoms with Crippen molar-refractivity contribution in [3.8, 4) is 5.75 Å². The molecule has 1 aromatic rings. The molecule has 2 N–H and O–H groups in total. The molecule has 4 nitrogen and oxygen atoms in total. The zero-order chi connectivity index (χ0) is 11.9. The number of carbonyl (C=O) groups is 1. The van der Waals surface area contributed by atoms with Crippen molar-refractivity contribution in [2.75, 3.05) is 19.7 Å². The Kier molecular flexibility index (Phi) is 4.38. The van der Waals surface area contributed by atoms with E-state index in [-0.39, 0.29) is 5.91 Å². The molecule has 0 bridgehead atoms. The molecule has 17 heavy (non-hydrogen) atoms. The molecule has 0 spiro atoms. The molecule has 1 fully saturated rings. The molecule has 1 amide bonds. The third kappa shape index (κ3) is 4.07. The lowest BCUT2D eigenvalue weighted by atomic mass is 10.2. The predicted octanol–water partition coefficient (Wildman–Crippen LogP) is 0.934. The quantitative estimate of drug-likeness (QED) is 0.720. The van der Waals surface area contributed by atoms with Crippen molar-refractivity contribution in [3.63, 3.8) is 0 Å². The molecule has 1 aliphatic rings. The van der Waals surface area contributed by atoms with Crippen molar-refractivity contribution in [2.24, 2.45) is 0 Å². The molecule has 2 rings (SSSR count). The summed E-state index contributed by atoms with van der Waals surface area (Å²) in [5, 5.41) is 6.20. The molecular formula is C13H18N2O2. The van der Waals surface area contributed by atoms with Gasteiger partial charge in [-0.1, -0.05) is 18.2 Å². The first-order chi connectivity index (χ1) is 8.34. The van der Waals surface area contributed by atoms with Gasteiger partial charge in [-0.3, -0.25) is 4.79 Å². The number of benzene rings is 1. The summed E-state index contributed by atoms with van der Waals surface area (Å²) in [5.74, 6) is 1.06. The SMILES string of the molecule is O=C1CCC(CNCCOc2ccccc2)N1. The number of rotatable bonds is 6. The molecule has 0 radical (unpaired) electrons. The highest BCUT2D eigenvalue weighted by Gasteiger charge is 2.19. The maximum Gasteiger partial charge on any atom is 0.220 e. The fraction of sp³-hybridized carbons (Fsp3) is 0.462. The first kappa shape index (κ1) is 11.9. The van der Waals surface area contributed by atoms with E-state index in [1.165, 1.54) is 0 Å². The fourth-order valence-corrected chi connectivity index (χ4v) is 1.86. The van der Waals surface area contributed by atoms with Crippen LogP contribution in [0.4, 0.5) is 0 Å². The van der Waals surface area contributed by atoms with Crippen LogP contribution in [0, 0.1) is 0 Å².